The predicted octanol–water partition coefficient (Wildman–Crippen LogP) is 3.12. The SMILES string of the molecule is O=C(CN1C(=O)C2CCCCC2C1=O)Nc1cccc(OC2CCCC2)c1. The third kappa shape index (κ3) is 3.84. The molecule has 1 N–H and O–H groups in total. The summed E-state index contributed by atoms with van der Waals surface area (Å²) in [6.45, 7) is -0.210. The predicted molar refractivity (Wildman–Crippen MR) is 100 cm³/mol. The summed E-state index contributed by atoms with van der Waals surface area (Å²) in [6.07, 6.45) is 8.25. The van der Waals surface area contributed by atoms with Crippen molar-refractivity contribution in [2.75, 3.05) is 11.9 Å². The van der Waals surface area contributed by atoms with Gasteiger partial charge in [-0.15, -0.1) is 0 Å². The minimum atomic E-state index is -0.353. The molecule has 2 atom stereocenters. The number of carbonyl (C=O) groups excluding carboxylic acids is 3. The maximum absolute atomic E-state index is 12.5. The third-order valence-corrected chi connectivity index (χ3v) is 5.96. The highest BCUT2D eigenvalue weighted by molar-refractivity contribution is 6.08. The van der Waals surface area contributed by atoms with E-state index in [1.54, 1.807) is 12.1 Å². The molecular formula is C21H26N2O4. The van der Waals surface area contributed by atoms with Gasteiger partial charge in [-0.2, -0.15) is 0 Å². The molecule has 0 radical (unpaired) electrons. The molecule has 1 aliphatic heterocycles. The van der Waals surface area contributed by atoms with Gasteiger partial charge >= 0.3 is 0 Å². The van der Waals surface area contributed by atoms with Gasteiger partial charge in [-0.25, -0.2) is 0 Å². The van der Waals surface area contributed by atoms with Gasteiger partial charge < -0.3 is 10.1 Å². The first-order valence-electron chi connectivity index (χ1n) is 10.0. The molecule has 4 rings (SSSR count). The average Bonchev–Trinajstić information content (AvgIpc) is 3.25. The van der Waals surface area contributed by atoms with Gasteiger partial charge in [0.05, 0.1) is 17.9 Å². The first kappa shape index (κ1) is 18.0. The lowest BCUT2D eigenvalue weighted by atomic mass is 9.81. The highest BCUT2D eigenvalue weighted by Gasteiger charge is 2.48. The van der Waals surface area contributed by atoms with Crippen LogP contribution in [0.5, 0.6) is 5.75 Å². The van der Waals surface area contributed by atoms with Crippen LogP contribution in [-0.4, -0.2) is 35.3 Å². The highest BCUT2D eigenvalue weighted by Crippen LogP contribution is 2.37. The number of nitrogens with one attached hydrogen (secondary N) is 1. The minimum absolute atomic E-state index is 0.182. The van der Waals surface area contributed by atoms with E-state index in [2.05, 4.69) is 5.32 Å². The summed E-state index contributed by atoms with van der Waals surface area (Å²) >= 11 is 0. The number of rotatable bonds is 5. The maximum Gasteiger partial charge on any atom is 0.244 e. The molecule has 2 unspecified atom stereocenters. The molecule has 1 saturated heterocycles. The number of benzene rings is 1. The molecule has 6 nitrogen and oxygen atoms in total. The minimum Gasteiger partial charge on any atom is -0.490 e. The van der Waals surface area contributed by atoms with E-state index < -0.39 is 0 Å². The average molecular weight is 370 g/mol. The van der Waals surface area contributed by atoms with Crippen molar-refractivity contribution in [1.29, 1.82) is 0 Å². The smallest absolute Gasteiger partial charge is 0.244 e. The van der Waals surface area contributed by atoms with E-state index in [1.807, 2.05) is 12.1 Å². The number of amides is 3. The standard InChI is InChI=1S/C21H26N2O4/c24-19(13-23-20(25)17-10-3-4-11-18(17)21(23)26)22-14-6-5-9-16(12-14)27-15-7-1-2-8-15/h5-6,9,12,15,17-18H,1-4,7-8,10-11,13H2,(H,22,24). The van der Waals surface area contributed by atoms with Crippen LogP contribution in [0.25, 0.3) is 0 Å². The van der Waals surface area contributed by atoms with Crippen LogP contribution in [0.15, 0.2) is 24.3 Å². The molecule has 2 aliphatic carbocycles. The first-order valence-corrected chi connectivity index (χ1v) is 10.0. The molecule has 1 heterocycles. The monoisotopic (exact) mass is 370 g/mol. The zero-order valence-corrected chi connectivity index (χ0v) is 15.5. The molecular weight excluding hydrogens is 344 g/mol. The van der Waals surface area contributed by atoms with Gasteiger partial charge in [-0.1, -0.05) is 18.9 Å². The van der Waals surface area contributed by atoms with Gasteiger partial charge in [0.1, 0.15) is 12.3 Å². The quantitative estimate of drug-likeness (QED) is 0.808. The lowest BCUT2D eigenvalue weighted by molar-refractivity contribution is -0.142. The first-order chi connectivity index (χ1) is 13.1. The Morgan fingerprint density at radius 2 is 1.63 bits per heavy atom. The van der Waals surface area contributed by atoms with Crippen LogP contribution >= 0.6 is 0 Å². The van der Waals surface area contributed by atoms with Crippen molar-refractivity contribution in [3.63, 3.8) is 0 Å². The Bertz CT molecular complexity index is 717. The molecule has 0 spiro atoms. The Kier molecular flexibility index (Phi) is 5.14. The van der Waals surface area contributed by atoms with Crippen LogP contribution in [0, 0.1) is 11.8 Å². The summed E-state index contributed by atoms with van der Waals surface area (Å²) in [4.78, 5) is 38.6. The fraction of sp³-hybridized carbons (Fsp3) is 0.571. The van der Waals surface area contributed by atoms with Gasteiger partial charge in [0.15, 0.2) is 0 Å². The molecule has 0 bridgehead atoms. The van der Waals surface area contributed by atoms with Gasteiger partial charge in [-0.05, 0) is 50.7 Å². The Labute approximate surface area is 159 Å². The van der Waals surface area contributed by atoms with Gasteiger partial charge in [-0.3, -0.25) is 19.3 Å². The van der Waals surface area contributed by atoms with Crippen LogP contribution in [0.2, 0.25) is 0 Å². The molecule has 1 aromatic rings. The highest BCUT2D eigenvalue weighted by atomic mass is 16.5. The summed E-state index contributed by atoms with van der Waals surface area (Å²) in [6, 6.07) is 7.29. The molecule has 3 aliphatic rings. The van der Waals surface area contributed by atoms with E-state index in [4.69, 9.17) is 4.74 Å². The van der Waals surface area contributed by atoms with Crippen molar-refractivity contribution in [2.45, 2.75) is 57.5 Å². The molecule has 27 heavy (non-hydrogen) atoms. The molecule has 2 saturated carbocycles. The lowest BCUT2D eigenvalue weighted by Gasteiger charge is -2.19. The summed E-state index contributed by atoms with van der Waals surface area (Å²) < 4.78 is 5.96. The van der Waals surface area contributed by atoms with Gasteiger partial charge in [0.25, 0.3) is 0 Å². The number of imide groups is 1. The van der Waals surface area contributed by atoms with Crippen molar-refractivity contribution in [1.82, 2.24) is 4.90 Å². The van der Waals surface area contributed by atoms with E-state index in [-0.39, 0.29) is 42.2 Å². The number of anilines is 1. The number of hydrogen-bond donors (Lipinski definition) is 1. The summed E-state index contributed by atoms with van der Waals surface area (Å²) in [7, 11) is 0. The normalized spacial score (nSPS) is 25.6. The van der Waals surface area contributed by atoms with Crippen molar-refractivity contribution in [2.24, 2.45) is 11.8 Å². The van der Waals surface area contributed by atoms with E-state index >= 15 is 0 Å². The number of carbonyl (C=O) groups is 3. The topological polar surface area (TPSA) is 75.7 Å². The Balaban J connectivity index is 1.36. The molecule has 0 aromatic heterocycles. The van der Waals surface area contributed by atoms with E-state index in [1.165, 1.54) is 12.8 Å². The zero-order valence-electron chi connectivity index (χ0n) is 15.5. The van der Waals surface area contributed by atoms with Crippen LogP contribution in [0.3, 0.4) is 0 Å². The molecule has 3 amide bonds. The number of fused-ring (bicyclic) bond motifs is 1. The Morgan fingerprint density at radius 3 is 2.30 bits per heavy atom. The number of nitrogens with zero attached hydrogens (tertiary/aromatic N) is 1. The fourth-order valence-electron chi connectivity index (χ4n) is 4.58. The number of ether oxygens (including phenoxy) is 1. The molecule has 144 valence electrons. The second-order valence-electron chi connectivity index (χ2n) is 7.86. The molecule has 1 aromatic carbocycles. The van der Waals surface area contributed by atoms with Crippen molar-refractivity contribution in [3.8, 4) is 5.75 Å². The second-order valence-corrected chi connectivity index (χ2v) is 7.86. The molecule has 6 heteroatoms. The van der Waals surface area contributed by atoms with E-state index in [9.17, 15) is 14.4 Å². The summed E-state index contributed by atoms with van der Waals surface area (Å²) in [5.74, 6) is -0.423. The fourth-order valence-corrected chi connectivity index (χ4v) is 4.58. The van der Waals surface area contributed by atoms with E-state index in [0.717, 1.165) is 49.2 Å². The van der Waals surface area contributed by atoms with Crippen LogP contribution in [0.4, 0.5) is 5.69 Å². The van der Waals surface area contributed by atoms with Crippen molar-refractivity contribution < 1.29 is 19.1 Å². The van der Waals surface area contributed by atoms with E-state index in [0.29, 0.717) is 5.69 Å². The largest absolute Gasteiger partial charge is 0.490 e. The van der Waals surface area contributed by atoms with Gasteiger partial charge in [0, 0.05) is 11.8 Å². The number of likely N-dealkylation sites (tertiary alicyclic amines) is 1. The van der Waals surface area contributed by atoms with Crippen molar-refractivity contribution >= 4 is 23.4 Å². The van der Waals surface area contributed by atoms with Crippen LogP contribution in [-0.2, 0) is 14.4 Å². The van der Waals surface area contributed by atoms with Crippen molar-refractivity contribution in [3.05, 3.63) is 24.3 Å². The van der Waals surface area contributed by atoms with Crippen LogP contribution in [0.1, 0.15) is 51.4 Å². The molecule has 3 fully saturated rings. The summed E-state index contributed by atoms with van der Waals surface area (Å²) in [5, 5.41) is 2.79. The zero-order chi connectivity index (χ0) is 18.8. The summed E-state index contributed by atoms with van der Waals surface area (Å²) in [5.41, 5.74) is 0.618. The maximum atomic E-state index is 12.5. The van der Waals surface area contributed by atoms with Gasteiger partial charge in [0.2, 0.25) is 17.7 Å². The lowest BCUT2D eigenvalue weighted by Crippen LogP contribution is -2.38. The Morgan fingerprint density at radius 1 is 1.00 bits per heavy atom. The van der Waals surface area contributed by atoms with Crippen LogP contribution < -0.4 is 10.1 Å². The number of hydrogen-bond acceptors (Lipinski definition) is 4. The third-order valence-electron chi connectivity index (χ3n) is 5.96. The Hall–Kier alpha value is -2.37. The second kappa shape index (κ2) is 7.71.